The molecule has 0 aliphatic rings. The Morgan fingerprint density at radius 2 is 1.89 bits per heavy atom. The number of hydrogen-bond acceptors (Lipinski definition) is 3. The molecule has 0 saturated heterocycles. The van der Waals surface area contributed by atoms with E-state index in [2.05, 4.69) is 24.3 Å². The van der Waals surface area contributed by atoms with Crippen molar-refractivity contribution in [1.82, 2.24) is 0 Å². The van der Waals surface area contributed by atoms with Gasteiger partial charge in [0.05, 0.1) is 5.39 Å². The van der Waals surface area contributed by atoms with Gasteiger partial charge in [0, 0.05) is 16.2 Å². The summed E-state index contributed by atoms with van der Waals surface area (Å²) in [6, 6.07) is 13.8. The van der Waals surface area contributed by atoms with Crippen molar-refractivity contribution >= 4 is 42.5 Å². The fourth-order valence-electron chi connectivity index (χ4n) is 2.58. The van der Waals surface area contributed by atoms with Crippen LogP contribution in [0.5, 0.6) is 0 Å². The summed E-state index contributed by atoms with van der Waals surface area (Å²) < 4.78 is 6.79. The van der Waals surface area contributed by atoms with Gasteiger partial charge in [0.25, 0.3) is 0 Å². The molecule has 0 unspecified atom stereocenters. The summed E-state index contributed by atoms with van der Waals surface area (Å²) in [6.45, 7) is 1.81. The maximum absolute atomic E-state index is 12.3. The summed E-state index contributed by atoms with van der Waals surface area (Å²) in [6.07, 6.45) is 0. The molecule has 92 valence electrons. The van der Waals surface area contributed by atoms with Gasteiger partial charge in [-0.25, -0.2) is 0 Å². The van der Waals surface area contributed by atoms with Crippen LogP contribution in [0.15, 0.2) is 51.7 Å². The quantitative estimate of drug-likeness (QED) is 0.470. The summed E-state index contributed by atoms with van der Waals surface area (Å²) in [4.78, 5) is 13.0. The molecule has 2 aromatic carbocycles. The minimum absolute atomic E-state index is 0.0429. The van der Waals surface area contributed by atoms with Gasteiger partial charge in [0.2, 0.25) is 0 Å². The molecular formula is C16H10O2S. The Hall–Kier alpha value is -2.13. The smallest absolute Gasteiger partial charge is 0.194 e. The highest BCUT2D eigenvalue weighted by Gasteiger charge is 2.13. The molecule has 3 heteroatoms. The molecular weight excluding hydrogens is 256 g/mol. The van der Waals surface area contributed by atoms with Crippen LogP contribution in [-0.2, 0) is 0 Å². The van der Waals surface area contributed by atoms with E-state index in [4.69, 9.17) is 4.42 Å². The molecule has 0 bridgehead atoms. The zero-order chi connectivity index (χ0) is 13.0. The van der Waals surface area contributed by atoms with E-state index in [-0.39, 0.29) is 5.43 Å². The fourth-order valence-corrected chi connectivity index (χ4v) is 3.70. The molecule has 0 aliphatic heterocycles. The third kappa shape index (κ3) is 1.45. The average Bonchev–Trinajstić information content (AvgIpc) is 2.77. The summed E-state index contributed by atoms with van der Waals surface area (Å²) in [5, 5.41) is 3.99. The van der Waals surface area contributed by atoms with Crippen LogP contribution in [0.4, 0.5) is 0 Å². The molecule has 4 aromatic rings. The second kappa shape index (κ2) is 3.68. The molecule has 2 nitrogen and oxygen atoms in total. The number of rotatable bonds is 0. The summed E-state index contributed by atoms with van der Waals surface area (Å²) in [5.41, 5.74) is 0.0429. The lowest BCUT2D eigenvalue weighted by molar-refractivity contribution is 0.572. The number of fused-ring (bicyclic) bond motifs is 5. The molecule has 4 rings (SSSR count). The molecule has 0 aliphatic carbocycles. The first-order chi connectivity index (χ1) is 9.24. The monoisotopic (exact) mass is 266 g/mol. The molecule has 2 heterocycles. The van der Waals surface area contributed by atoms with Gasteiger partial charge in [-0.1, -0.05) is 41.7 Å². The van der Waals surface area contributed by atoms with E-state index in [0.29, 0.717) is 11.1 Å². The Bertz CT molecular complexity index is 992. The maximum atomic E-state index is 12.3. The van der Waals surface area contributed by atoms with E-state index >= 15 is 0 Å². The largest absolute Gasteiger partial charge is 0.450 e. The Labute approximate surface area is 112 Å². The lowest BCUT2D eigenvalue weighted by Crippen LogP contribution is -1.98. The molecule has 0 N–H and O–H groups in total. The SMILES string of the molecule is Cc1cc(=O)c2c(o1)sc1ccc3ccccc3c12. The fraction of sp³-hybridized carbons (Fsp3) is 0.0625. The van der Waals surface area contributed by atoms with Crippen LogP contribution in [-0.4, -0.2) is 0 Å². The van der Waals surface area contributed by atoms with Crippen molar-refractivity contribution in [2.45, 2.75) is 6.92 Å². The van der Waals surface area contributed by atoms with E-state index < -0.39 is 0 Å². The van der Waals surface area contributed by atoms with Crippen LogP contribution in [0.3, 0.4) is 0 Å². The number of thiophene rings is 1. The summed E-state index contributed by atoms with van der Waals surface area (Å²) >= 11 is 1.54. The van der Waals surface area contributed by atoms with Crippen molar-refractivity contribution < 1.29 is 4.42 Å². The van der Waals surface area contributed by atoms with Crippen LogP contribution in [0.25, 0.3) is 31.1 Å². The van der Waals surface area contributed by atoms with E-state index in [1.165, 1.54) is 11.3 Å². The van der Waals surface area contributed by atoms with Crippen LogP contribution in [0.1, 0.15) is 5.76 Å². The zero-order valence-electron chi connectivity index (χ0n) is 10.3. The van der Waals surface area contributed by atoms with Crippen molar-refractivity contribution in [1.29, 1.82) is 0 Å². The molecule has 0 spiro atoms. The molecule has 0 saturated carbocycles. The lowest BCUT2D eigenvalue weighted by atomic mass is 10.0. The van der Waals surface area contributed by atoms with Crippen molar-refractivity contribution in [2.75, 3.05) is 0 Å². The van der Waals surface area contributed by atoms with Gasteiger partial charge >= 0.3 is 0 Å². The minimum atomic E-state index is 0.0429. The van der Waals surface area contributed by atoms with Gasteiger partial charge in [-0.2, -0.15) is 0 Å². The van der Waals surface area contributed by atoms with Gasteiger partial charge in [0.1, 0.15) is 5.76 Å². The van der Waals surface area contributed by atoms with Crippen molar-refractivity contribution in [3.8, 4) is 0 Å². The van der Waals surface area contributed by atoms with Crippen LogP contribution in [0.2, 0.25) is 0 Å². The molecule has 0 fully saturated rings. The van der Waals surface area contributed by atoms with E-state index in [9.17, 15) is 4.79 Å². The van der Waals surface area contributed by atoms with Crippen LogP contribution in [0, 0.1) is 6.92 Å². The first kappa shape index (κ1) is 10.8. The molecule has 0 atom stereocenters. The first-order valence-electron chi connectivity index (χ1n) is 6.09. The summed E-state index contributed by atoms with van der Waals surface area (Å²) in [5.74, 6) is 0.661. The maximum Gasteiger partial charge on any atom is 0.194 e. The second-order valence-corrected chi connectivity index (χ2v) is 5.66. The third-order valence-corrected chi connectivity index (χ3v) is 4.41. The Morgan fingerprint density at radius 1 is 1.05 bits per heavy atom. The molecule has 0 radical (unpaired) electrons. The predicted octanol–water partition coefficient (Wildman–Crippen LogP) is 4.47. The second-order valence-electron chi connectivity index (χ2n) is 4.65. The van der Waals surface area contributed by atoms with E-state index in [0.717, 1.165) is 25.8 Å². The van der Waals surface area contributed by atoms with Crippen LogP contribution < -0.4 is 5.43 Å². The zero-order valence-corrected chi connectivity index (χ0v) is 11.1. The normalized spacial score (nSPS) is 11.6. The third-order valence-electron chi connectivity index (χ3n) is 3.38. The topological polar surface area (TPSA) is 30.2 Å². The van der Waals surface area contributed by atoms with Gasteiger partial charge in [-0.15, -0.1) is 0 Å². The van der Waals surface area contributed by atoms with Gasteiger partial charge in [-0.05, 0) is 23.8 Å². The van der Waals surface area contributed by atoms with Gasteiger partial charge in [0.15, 0.2) is 10.3 Å². The molecule has 0 amide bonds. The summed E-state index contributed by atoms with van der Waals surface area (Å²) in [7, 11) is 0. The number of aryl methyl sites for hydroxylation is 1. The van der Waals surface area contributed by atoms with E-state index in [1.807, 2.05) is 19.1 Å². The highest BCUT2D eigenvalue weighted by Crippen LogP contribution is 2.36. The minimum Gasteiger partial charge on any atom is -0.450 e. The van der Waals surface area contributed by atoms with Crippen LogP contribution >= 0.6 is 11.3 Å². The van der Waals surface area contributed by atoms with Crippen molar-refractivity contribution in [2.24, 2.45) is 0 Å². The number of benzene rings is 2. The predicted molar refractivity (Wildman–Crippen MR) is 80.1 cm³/mol. The highest BCUT2D eigenvalue weighted by atomic mass is 32.1. The van der Waals surface area contributed by atoms with Gasteiger partial charge < -0.3 is 4.42 Å². The van der Waals surface area contributed by atoms with Crippen molar-refractivity contribution in [3.05, 3.63) is 58.4 Å². The number of hydrogen-bond donors (Lipinski definition) is 0. The standard InChI is InChI=1S/C16H10O2S/c1-9-8-12(17)15-14-11-5-3-2-4-10(11)6-7-13(14)19-16(15)18-9/h2-8H,1H3. The highest BCUT2D eigenvalue weighted by molar-refractivity contribution is 7.25. The molecule has 2 aromatic heterocycles. The lowest BCUT2D eigenvalue weighted by Gasteiger charge is -1.99. The first-order valence-corrected chi connectivity index (χ1v) is 6.90. The Kier molecular flexibility index (Phi) is 2.09. The van der Waals surface area contributed by atoms with E-state index in [1.54, 1.807) is 6.07 Å². The molecule has 19 heavy (non-hydrogen) atoms. The Balaban J connectivity index is 2.39. The van der Waals surface area contributed by atoms with Crippen molar-refractivity contribution in [3.63, 3.8) is 0 Å². The average molecular weight is 266 g/mol. The Morgan fingerprint density at radius 3 is 2.79 bits per heavy atom. The van der Waals surface area contributed by atoms with Gasteiger partial charge in [-0.3, -0.25) is 4.79 Å².